The number of aliphatic hydroxyl groups is 2. The van der Waals surface area contributed by atoms with Crippen molar-refractivity contribution >= 4 is 41.5 Å². The summed E-state index contributed by atoms with van der Waals surface area (Å²) in [7, 11) is 0. The van der Waals surface area contributed by atoms with Crippen molar-refractivity contribution in [2.45, 2.75) is 81.9 Å². The smallest absolute Gasteiger partial charge is 0.326 e. The Morgan fingerprint density at radius 3 is 2.00 bits per heavy atom. The van der Waals surface area contributed by atoms with E-state index >= 15 is 0 Å². The molecule has 0 radical (unpaired) electrons. The van der Waals surface area contributed by atoms with Crippen molar-refractivity contribution in [3.63, 3.8) is 0 Å². The Morgan fingerprint density at radius 2 is 1.48 bits per heavy atom. The molecule has 11 N–H and O–H groups in total. The summed E-state index contributed by atoms with van der Waals surface area (Å²) in [6.45, 7) is 1.89. The van der Waals surface area contributed by atoms with Gasteiger partial charge in [0.15, 0.2) is 0 Å². The molecule has 18 heteroatoms. The molecule has 5 amide bonds. The minimum Gasteiger partial charge on any atom is -0.508 e. The van der Waals surface area contributed by atoms with Crippen LogP contribution in [-0.4, -0.2) is 127 Å². The fraction of sp³-hybridized carbons (Fsp3) is 0.536. The van der Waals surface area contributed by atoms with Crippen molar-refractivity contribution in [2.24, 2.45) is 5.73 Å². The number of hydrogen-bond acceptors (Lipinski definition) is 11. The number of rotatable bonds is 16. The van der Waals surface area contributed by atoms with Crippen molar-refractivity contribution in [2.75, 3.05) is 13.1 Å². The van der Waals surface area contributed by atoms with Gasteiger partial charge in [0.2, 0.25) is 29.5 Å². The maximum atomic E-state index is 13.5. The molecular formula is C28H40N6O12. The number of phenolic OH excluding ortho intramolecular Hbond substituents is 1. The molecule has 1 fully saturated rings. The average Bonchev–Trinajstić information content (AvgIpc) is 3.48. The Labute approximate surface area is 263 Å². The molecule has 254 valence electrons. The number of carbonyl (C=O) groups is 7. The highest BCUT2D eigenvalue weighted by molar-refractivity contribution is 5.97. The van der Waals surface area contributed by atoms with Crippen LogP contribution in [0, 0.1) is 0 Å². The zero-order chi connectivity index (χ0) is 34.7. The number of aliphatic hydroxyl groups excluding tert-OH is 2. The molecule has 1 aromatic carbocycles. The van der Waals surface area contributed by atoms with Gasteiger partial charge in [0.25, 0.3) is 0 Å². The van der Waals surface area contributed by atoms with E-state index in [2.05, 4.69) is 21.3 Å². The number of phenols is 1. The zero-order valence-corrected chi connectivity index (χ0v) is 25.2. The number of aliphatic carboxylic acids is 2. The van der Waals surface area contributed by atoms with Crippen molar-refractivity contribution in [1.29, 1.82) is 0 Å². The molecule has 1 aliphatic rings. The molecule has 7 atom stereocenters. The standard InChI is InChI=1S/C28H40N6O12/c1-13(35)22(32-20(38)12-29)26(43)33-23(14(2)36)27(44)34-9-3-4-19(34)25(42)30-17(11-21(39)40)24(41)31-18(28(45)46)10-15-5-7-16(37)8-6-15/h5-8,13-14,17-19,22-23,35-37H,3-4,9-12,29H2,1-2H3,(H,30,42)(H,31,41)(H,32,38)(H,33,43)(H,39,40)(H,45,46)/t13-,14-,17+,18+,19+,22+,23+/m1/s1. The summed E-state index contributed by atoms with van der Waals surface area (Å²) in [6, 6.07) is -2.18. The summed E-state index contributed by atoms with van der Waals surface area (Å²) in [5.74, 6) is -7.75. The van der Waals surface area contributed by atoms with Gasteiger partial charge in [-0.1, -0.05) is 12.1 Å². The van der Waals surface area contributed by atoms with E-state index in [4.69, 9.17) is 5.73 Å². The predicted molar refractivity (Wildman–Crippen MR) is 157 cm³/mol. The monoisotopic (exact) mass is 652 g/mol. The predicted octanol–water partition coefficient (Wildman–Crippen LogP) is -3.86. The van der Waals surface area contributed by atoms with Gasteiger partial charge in [-0.05, 0) is 44.4 Å². The molecule has 46 heavy (non-hydrogen) atoms. The highest BCUT2D eigenvalue weighted by atomic mass is 16.4. The van der Waals surface area contributed by atoms with Crippen LogP contribution < -0.4 is 27.0 Å². The van der Waals surface area contributed by atoms with Gasteiger partial charge in [0.05, 0.1) is 25.2 Å². The molecule has 0 aromatic heterocycles. The molecule has 1 heterocycles. The number of carboxylic acids is 2. The Kier molecular flexibility index (Phi) is 13.8. The lowest BCUT2D eigenvalue weighted by molar-refractivity contribution is -0.146. The van der Waals surface area contributed by atoms with Gasteiger partial charge in [0.1, 0.15) is 36.0 Å². The number of nitrogens with two attached hydrogens (primary N) is 1. The minimum absolute atomic E-state index is 0.0107. The van der Waals surface area contributed by atoms with E-state index in [1.165, 1.54) is 38.1 Å². The van der Waals surface area contributed by atoms with E-state index in [-0.39, 0.29) is 31.6 Å². The molecule has 0 spiro atoms. The second kappa shape index (κ2) is 17.0. The molecule has 0 aliphatic carbocycles. The van der Waals surface area contributed by atoms with Gasteiger partial charge in [-0.2, -0.15) is 0 Å². The van der Waals surface area contributed by atoms with Crippen LogP contribution in [0.4, 0.5) is 0 Å². The lowest BCUT2D eigenvalue weighted by Crippen LogP contribution is -2.62. The summed E-state index contributed by atoms with van der Waals surface area (Å²) >= 11 is 0. The van der Waals surface area contributed by atoms with Crippen molar-refractivity contribution < 1.29 is 59.1 Å². The zero-order valence-electron chi connectivity index (χ0n) is 25.2. The summed E-state index contributed by atoms with van der Waals surface area (Å²) in [5.41, 5.74) is 5.68. The van der Waals surface area contributed by atoms with Crippen LogP contribution >= 0.6 is 0 Å². The van der Waals surface area contributed by atoms with Crippen LogP contribution in [0.5, 0.6) is 5.75 Å². The molecule has 1 aromatic rings. The van der Waals surface area contributed by atoms with Crippen molar-refractivity contribution in [3.05, 3.63) is 29.8 Å². The number of nitrogens with one attached hydrogen (secondary N) is 4. The highest BCUT2D eigenvalue weighted by Crippen LogP contribution is 2.20. The first-order valence-electron chi connectivity index (χ1n) is 14.3. The number of carboxylic acid groups (broad SMARTS) is 2. The minimum atomic E-state index is -1.74. The Balaban J connectivity index is 2.20. The van der Waals surface area contributed by atoms with Gasteiger partial charge in [0, 0.05) is 13.0 Å². The molecule has 18 nitrogen and oxygen atoms in total. The van der Waals surface area contributed by atoms with Crippen LogP contribution in [0.1, 0.15) is 38.7 Å². The third kappa shape index (κ3) is 10.7. The first-order valence-corrected chi connectivity index (χ1v) is 14.3. The summed E-state index contributed by atoms with van der Waals surface area (Å²) in [5, 5.41) is 57.7. The second-order valence-electron chi connectivity index (χ2n) is 10.8. The summed E-state index contributed by atoms with van der Waals surface area (Å²) < 4.78 is 0. The van der Waals surface area contributed by atoms with Gasteiger partial charge < -0.3 is 57.4 Å². The van der Waals surface area contributed by atoms with Gasteiger partial charge in [-0.25, -0.2) is 4.79 Å². The maximum Gasteiger partial charge on any atom is 0.326 e. The molecule has 0 unspecified atom stereocenters. The number of carbonyl (C=O) groups excluding carboxylic acids is 5. The largest absolute Gasteiger partial charge is 0.508 e. The number of nitrogens with zero attached hydrogens (tertiary/aromatic N) is 1. The number of likely N-dealkylation sites (tertiary alicyclic amines) is 1. The number of hydrogen-bond donors (Lipinski definition) is 10. The third-order valence-electron chi connectivity index (χ3n) is 7.15. The first-order chi connectivity index (χ1) is 21.5. The van der Waals surface area contributed by atoms with E-state index in [1.54, 1.807) is 0 Å². The lowest BCUT2D eigenvalue weighted by atomic mass is 10.0. The molecule has 2 rings (SSSR count). The molecule has 1 saturated heterocycles. The van der Waals surface area contributed by atoms with Crippen molar-refractivity contribution in [3.8, 4) is 5.75 Å². The van der Waals surface area contributed by atoms with E-state index in [0.29, 0.717) is 5.56 Å². The van der Waals surface area contributed by atoms with E-state index in [9.17, 15) is 59.1 Å². The normalized spacial score (nSPS) is 18.2. The Morgan fingerprint density at radius 1 is 0.870 bits per heavy atom. The molecule has 0 bridgehead atoms. The SMILES string of the molecule is C[C@@H](O)[C@H](NC(=O)CN)C(=O)N[C@H](C(=O)N1CCC[C@H]1C(=O)N[C@@H](CC(=O)O)C(=O)N[C@@H](Cc1ccc(O)cc1)C(=O)O)[C@@H](C)O. The third-order valence-corrected chi connectivity index (χ3v) is 7.15. The van der Waals surface area contributed by atoms with Crippen LogP contribution in [-0.2, 0) is 40.0 Å². The number of aromatic hydroxyl groups is 1. The lowest BCUT2D eigenvalue weighted by Gasteiger charge is -2.32. The quantitative estimate of drug-likeness (QED) is 0.0819. The topological polar surface area (TPSA) is 298 Å². The summed E-state index contributed by atoms with van der Waals surface area (Å²) in [6.07, 6.45) is -3.71. The fourth-order valence-corrected chi connectivity index (χ4v) is 4.74. The van der Waals surface area contributed by atoms with E-state index in [1.807, 2.05) is 0 Å². The molecule has 0 saturated carbocycles. The average molecular weight is 653 g/mol. The fourth-order valence-electron chi connectivity index (χ4n) is 4.74. The van der Waals surface area contributed by atoms with E-state index in [0.717, 1.165) is 4.90 Å². The maximum absolute atomic E-state index is 13.5. The second-order valence-corrected chi connectivity index (χ2v) is 10.8. The van der Waals surface area contributed by atoms with Crippen LogP contribution in [0.15, 0.2) is 24.3 Å². The van der Waals surface area contributed by atoms with E-state index < -0.39 is 96.9 Å². The number of amides is 5. The van der Waals surface area contributed by atoms with Gasteiger partial charge in [-0.15, -0.1) is 0 Å². The van der Waals surface area contributed by atoms with Crippen LogP contribution in [0.3, 0.4) is 0 Å². The van der Waals surface area contributed by atoms with Crippen LogP contribution in [0.2, 0.25) is 0 Å². The van der Waals surface area contributed by atoms with Crippen LogP contribution in [0.25, 0.3) is 0 Å². The van der Waals surface area contributed by atoms with Crippen molar-refractivity contribution in [1.82, 2.24) is 26.2 Å². The first kappa shape index (κ1) is 37.4. The Bertz CT molecular complexity index is 1290. The summed E-state index contributed by atoms with van der Waals surface area (Å²) in [4.78, 5) is 88.7. The number of benzene rings is 1. The Hall–Kier alpha value is -4.81. The van der Waals surface area contributed by atoms with Gasteiger partial charge >= 0.3 is 11.9 Å². The highest BCUT2D eigenvalue weighted by Gasteiger charge is 2.41. The van der Waals surface area contributed by atoms with Gasteiger partial charge in [-0.3, -0.25) is 28.8 Å². The molecule has 1 aliphatic heterocycles. The molecular weight excluding hydrogens is 612 g/mol.